The van der Waals surface area contributed by atoms with E-state index in [1.54, 1.807) is 18.2 Å². The summed E-state index contributed by atoms with van der Waals surface area (Å²) < 4.78 is 11.7. The van der Waals surface area contributed by atoms with Crippen LogP contribution >= 0.6 is 0 Å². The molecule has 0 aromatic heterocycles. The molecular weight excluding hydrogens is 480 g/mol. The quantitative estimate of drug-likeness (QED) is 0.275. The Hall–Kier alpha value is -4.26. The number of hydrogen-bond acceptors (Lipinski definition) is 6. The molecule has 5 rings (SSSR count). The molecule has 0 bridgehead atoms. The van der Waals surface area contributed by atoms with Crippen molar-refractivity contribution in [3.63, 3.8) is 0 Å². The van der Waals surface area contributed by atoms with E-state index in [1.807, 2.05) is 82.1 Å². The summed E-state index contributed by atoms with van der Waals surface area (Å²) in [5.41, 5.74) is 4.50. The minimum Gasteiger partial charge on any atom is -0.507 e. The number of hydrogen-bond donors (Lipinski definition) is 1. The van der Waals surface area contributed by atoms with E-state index in [9.17, 15) is 14.7 Å². The van der Waals surface area contributed by atoms with Crippen molar-refractivity contribution in [2.24, 2.45) is 0 Å². The van der Waals surface area contributed by atoms with Gasteiger partial charge in [0.25, 0.3) is 11.7 Å². The van der Waals surface area contributed by atoms with Crippen molar-refractivity contribution in [2.75, 3.05) is 30.0 Å². The molecule has 2 aliphatic heterocycles. The molecule has 3 aromatic rings. The Morgan fingerprint density at radius 1 is 1.03 bits per heavy atom. The molecule has 1 unspecified atom stereocenters. The number of carbonyl (C=O) groups is 2. The first-order chi connectivity index (χ1) is 18.1. The zero-order chi connectivity index (χ0) is 27.1. The summed E-state index contributed by atoms with van der Waals surface area (Å²) in [7, 11) is 1.95. The molecule has 2 heterocycles. The van der Waals surface area contributed by atoms with E-state index in [4.69, 9.17) is 9.47 Å². The van der Waals surface area contributed by atoms with Crippen LogP contribution in [0.3, 0.4) is 0 Å². The molecule has 7 heteroatoms. The van der Waals surface area contributed by atoms with Crippen LogP contribution in [0.1, 0.15) is 42.1 Å². The van der Waals surface area contributed by atoms with Gasteiger partial charge in [0, 0.05) is 18.3 Å². The van der Waals surface area contributed by atoms with E-state index in [2.05, 4.69) is 0 Å². The summed E-state index contributed by atoms with van der Waals surface area (Å²) in [5.74, 6) is -0.311. The Kier molecular flexibility index (Phi) is 6.61. The summed E-state index contributed by atoms with van der Waals surface area (Å²) in [6, 6.07) is 17.6. The van der Waals surface area contributed by atoms with Gasteiger partial charge in [0.05, 0.1) is 30.0 Å². The fourth-order valence-electron chi connectivity index (χ4n) is 5.19. The van der Waals surface area contributed by atoms with Gasteiger partial charge in [0.1, 0.15) is 23.9 Å². The van der Waals surface area contributed by atoms with Crippen molar-refractivity contribution in [1.82, 2.24) is 0 Å². The molecule has 0 radical (unpaired) electrons. The van der Waals surface area contributed by atoms with E-state index in [0.29, 0.717) is 41.5 Å². The third kappa shape index (κ3) is 4.60. The van der Waals surface area contributed by atoms with Crippen LogP contribution in [0.2, 0.25) is 0 Å². The molecule has 196 valence electrons. The summed E-state index contributed by atoms with van der Waals surface area (Å²) in [5, 5.41) is 11.6. The molecular formula is C31H32N2O5. The summed E-state index contributed by atoms with van der Waals surface area (Å²) in [6.45, 7) is 9.05. The van der Waals surface area contributed by atoms with Gasteiger partial charge in [0.15, 0.2) is 0 Å². The number of benzene rings is 3. The van der Waals surface area contributed by atoms with Crippen LogP contribution in [0.25, 0.3) is 5.76 Å². The highest BCUT2D eigenvalue weighted by Crippen LogP contribution is 2.44. The Bertz CT molecular complexity index is 1440. The molecule has 0 aliphatic carbocycles. The molecule has 1 amide bonds. The van der Waals surface area contributed by atoms with Crippen LogP contribution in [0, 0.1) is 13.8 Å². The van der Waals surface area contributed by atoms with Crippen LogP contribution < -0.4 is 19.3 Å². The number of Topliss-reactive ketones (excluding diaryl/α,β-unsaturated/α-hetero) is 1. The van der Waals surface area contributed by atoms with Crippen molar-refractivity contribution >= 4 is 28.8 Å². The number of likely N-dealkylation sites (N-methyl/N-ethyl adjacent to an activating group) is 1. The van der Waals surface area contributed by atoms with Crippen LogP contribution in [-0.4, -0.2) is 43.1 Å². The van der Waals surface area contributed by atoms with E-state index in [-0.39, 0.29) is 17.4 Å². The number of ether oxygens (including phenoxy) is 2. The first-order valence-electron chi connectivity index (χ1n) is 12.8. The van der Waals surface area contributed by atoms with E-state index < -0.39 is 17.7 Å². The van der Waals surface area contributed by atoms with Crippen LogP contribution in [0.4, 0.5) is 11.4 Å². The van der Waals surface area contributed by atoms with E-state index in [0.717, 1.165) is 16.8 Å². The van der Waals surface area contributed by atoms with E-state index >= 15 is 0 Å². The number of carbonyl (C=O) groups excluding carboxylic acids is 2. The van der Waals surface area contributed by atoms with Crippen LogP contribution in [0.5, 0.6) is 11.5 Å². The Morgan fingerprint density at radius 2 is 1.76 bits per heavy atom. The number of anilines is 2. The lowest BCUT2D eigenvalue weighted by Gasteiger charge is -2.28. The predicted molar refractivity (Wildman–Crippen MR) is 148 cm³/mol. The third-order valence-electron chi connectivity index (χ3n) is 6.80. The number of ketones is 1. The largest absolute Gasteiger partial charge is 0.507 e. The average Bonchev–Trinajstić information content (AvgIpc) is 3.13. The molecule has 0 saturated carbocycles. The first kappa shape index (κ1) is 25.4. The molecule has 0 spiro atoms. The highest BCUT2D eigenvalue weighted by atomic mass is 16.5. The van der Waals surface area contributed by atoms with Crippen molar-refractivity contribution in [3.8, 4) is 11.5 Å². The number of rotatable bonds is 5. The highest BCUT2D eigenvalue weighted by molar-refractivity contribution is 6.51. The summed E-state index contributed by atoms with van der Waals surface area (Å²) >= 11 is 0. The molecule has 1 saturated heterocycles. The average molecular weight is 513 g/mol. The number of amides is 1. The standard InChI is InChI=1S/C31H32N2O5/c1-18(2)38-24-8-6-7-21(16-24)28-27(29(34)22-9-10-26-25(17-22)32(5)11-12-37-26)30(35)31(36)33(28)23-14-19(3)13-20(4)15-23/h6-10,13-18,28,34H,11-12H2,1-5H3/b29-27-. The van der Waals surface area contributed by atoms with Gasteiger partial charge in [0.2, 0.25) is 0 Å². The monoisotopic (exact) mass is 512 g/mol. The van der Waals surface area contributed by atoms with Crippen LogP contribution in [-0.2, 0) is 9.59 Å². The van der Waals surface area contributed by atoms with Gasteiger partial charge in [-0.3, -0.25) is 14.5 Å². The SMILES string of the molecule is Cc1cc(C)cc(N2C(=O)C(=O)/C(=C(\O)c3ccc4c(c3)N(C)CCO4)C2c2cccc(OC(C)C)c2)c1. The first-order valence-corrected chi connectivity index (χ1v) is 12.8. The molecule has 1 atom stereocenters. The van der Waals surface area contributed by atoms with Gasteiger partial charge >= 0.3 is 0 Å². The fraction of sp³-hybridized carbons (Fsp3) is 0.290. The molecule has 2 aliphatic rings. The smallest absolute Gasteiger partial charge is 0.300 e. The molecule has 38 heavy (non-hydrogen) atoms. The summed E-state index contributed by atoms with van der Waals surface area (Å²) in [4.78, 5) is 30.7. The second-order valence-electron chi connectivity index (χ2n) is 10.2. The topological polar surface area (TPSA) is 79.3 Å². The maximum absolute atomic E-state index is 13.6. The second kappa shape index (κ2) is 9.89. The Balaban J connectivity index is 1.71. The maximum Gasteiger partial charge on any atom is 0.300 e. The maximum atomic E-state index is 13.6. The van der Waals surface area contributed by atoms with Gasteiger partial charge in [-0.2, -0.15) is 0 Å². The lowest BCUT2D eigenvalue weighted by molar-refractivity contribution is -0.132. The third-order valence-corrected chi connectivity index (χ3v) is 6.80. The van der Waals surface area contributed by atoms with Crippen molar-refractivity contribution in [1.29, 1.82) is 0 Å². The highest BCUT2D eigenvalue weighted by Gasteiger charge is 2.47. The second-order valence-corrected chi connectivity index (χ2v) is 10.2. The van der Waals surface area contributed by atoms with Crippen LogP contribution in [0.15, 0.2) is 66.2 Å². The zero-order valence-corrected chi connectivity index (χ0v) is 22.3. The zero-order valence-electron chi connectivity index (χ0n) is 22.3. The van der Waals surface area contributed by atoms with Gasteiger partial charge in [-0.25, -0.2) is 0 Å². The minimum absolute atomic E-state index is 0.0372. The Labute approximate surface area is 222 Å². The minimum atomic E-state index is -0.836. The van der Waals surface area contributed by atoms with Crippen molar-refractivity contribution in [3.05, 3.63) is 88.5 Å². The van der Waals surface area contributed by atoms with Gasteiger partial charge < -0.3 is 19.5 Å². The normalized spacial score (nSPS) is 18.5. The summed E-state index contributed by atoms with van der Waals surface area (Å²) in [6.07, 6.45) is -0.0502. The lowest BCUT2D eigenvalue weighted by atomic mass is 9.94. The van der Waals surface area contributed by atoms with Gasteiger partial charge in [-0.05, 0) is 86.8 Å². The van der Waals surface area contributed by atoms with Gasteiger partial charge in [-0.15, -0.1) is 0 Å². The number of fused-ring (bicyclic) bond motifs is 1. The molecule has 1 N–H and O–H groups in total. The van der Waals surface area contributed by atoms with Gasteiger partial charge in [-0.1, -0.05) is 18.2 Å². The lowest BCUT2D eigenvalue weighted by Crippen LogP contribution is -2.29. The predicted octanol–water partition coefficient (Wildman–Crippen LogP) is 5.55. The number of nitrogens with zero attached hydrogens (tertiary/aromatic N) is 2. The van der Waals surface area contributed by atoms with Crippen molar-refractivity contribution < 1.29 is 24.2 Å². The fourth-order valence-corrected chi connectivity index (χ4v) is 5.19. The molecule has 3 aromatic carbocycles. The van der Waals surface area contributed by atoms with E-state index in [1.165, 1.54) is 4.90 Å². The number of aliphatic hydroxyl groups is 1. The Morgan fingerprint density at radius 3 is 2.47 bits per heavy atom. The molecule has 7 nitrogen and oxygen atoms in total. The van der Waals surface area contributed by atoms with Crippen molar-refractivity contribution in [2.45, 2.75) is 39.8 Å². The molecule has 1 fully saturated rings. The number of aryl methyl sites for hydroxylation is 2. The number of aliphatic hydroxyl groups excluding tert-OH is 1.